The van der Waals surface area contributed by atoms with E-state index in [1.807, 2.05) is 20.8 Å². The van der Waals surface area contributed by atoms with Crippen molar-refractivity contribution in [3.8, 4) is 6.07 Å². The summed E-state index contributed by atoms with van der Waals surface area (Å²) >= 11 is 0. The van der Waals surface area contributed by atoms with Crippen molar-refractivity contribution in [1.82, 2.24) is 0 Å². The molecule has 0 unspecified atom stereocenters. The number of azo groups is 1. The zero-order valence-electron chi connectivity index (χ0n) is 15.6. The molecule has 4 nitrogen and oxygen atoms in total. The molecule has 0 spiro atoms. The molecular weight excluding hydrogens is 286 g/mol. The van der Waals surface area contributed by atoms with Crippen LogP contribution in [0.15, 0.2) is 10.2 Å². The zero-order chi connectivity index (χ0) is 17.5. The van der Waals surface area contributed by atoms with Crippen LogP contribution in [0.2, 0.25) is 0 Å². The van der Waals surface area contributed by atoms with Crippen LogP contribution in [-0.2, 0) is 4.79 Å². The summed E-state index contributed by atoms with van der Waals surface area (Å²) in [7, 11) is 0. The molecule has 0 aromatic heterocycles. The second kappa shape index (κ2) is 8.57. The van der Waals surface area contributed by atoms with E-state index in [2.05, 4.69) is 30.1 Å². The van der Waals surface area contributed by atoms with Gasteiger partial charge in [0.05, 0.1) is 11.6 Å². The molecule has 2 aliphatic carbocycles. The number of ketones is 1. The van der Waals surface area contributed by atoms with Gasteiger partial charge in [-0.25, -0.2) is 0 Å². The van der Waals surface area contributed by atoms with Gasteiger partial charge in [0, 0.05) is 12.8 Å². The highest BCUT2D eigenvalue weighted by molar-refractivity contribution is 5.78. The molecule has 23 heavy (non-hydrogen) atoms. The van der Waals surface area contributed by atoms with Crippen LogP contribution in [0.5, 0.6) is 0 Å². The number of nitrogens with zero attached hydrogens (tertiary/aromatic N) is 3. The number of Topliss-reactive ketones (excluding diaryl/α,β-unsaturated/α-hetero) is 1. The fourth-order valence-corrected chi connectivity index (χ4v) is 2.80. The van der Waals surface area contributed by atoms with Gasteiger partial charge in [0.15, 0.2) is 5.54 Å². The standard InChI is InChI=1S/C12H21N3.C7H12O/c1-10-5-7-12(9-13,8-6-10)15-14-11(2,3)4;1-6-2-4-7(8)5-3-6/h10H,5-8H2,1-4H3;6H,2-5H2,1H3/b15-14+;. The Hall–Kier alpha value is -1.24. The highest BCUT2D eigenvalue weighted by Crippen LogP contribution is 2.35. The minimum atomic E-state index is -0.528. The second-order valence-corrected chi connectivity index (χ2v) is 8.42. The Labute approximate surface area is 141 Å². The van der Waals surface area contributed by atoms with Crippen molar-refractivity contribution in [1.29, 1.82) is 5.26 Å². The van der Waals surface area contributed by atoms with Crippen LogP contribution in [0.25, 0.3) is 0 Å². The van der Waals surface area contributed by atoms with Gasteiger partial charge in [-0.05, 0) is 71.1 Å². The summed E-state index contributed by atoms with van der Waals surface area (Å²) in [5, 5.41) is 17.8. The first-order chi connectivity index (χ1) is 10.7. The maximum atomic E-state index is 10.6. The molecule has 0 N–H and O–H groups in total. The van der Waals surface area contributed by atoms with Gasteiger partial charge in [-0.1, -0.05) is 13.8 Å². The highest BCUT2D eigenvalue weighted by atomic mass is 16.1. The Bertz CT molecular complexity index is 438. The molecular formula is C19H33N3O. The van der Waals surface area contributed by atoms with Gasteiger partial charge in [0.1, 0.15) is 5.78 Å². The highest BCUT2D eigenvalue weighted by Gasteiger charge is 2.34. The molecule has 4 heteroatoms. The maximum Gasteiger partial charge on any atom is 0.167 e. The minimum Gasteiger partial charge on any atom is -0.300 e. The molecule has 0 aromatic carbocycles. The monoisotopic (exact) mass is 319 g/mol. The molecule has 0 atom stereocenters. The van der Waals surface area contributed by atoms with E-state index in [1.54, 1.807) is 0 Å². The number of rotatable bonds is 1. The number of carbonyl (C=O) groups is 1. The summed E-state index contributed by atoms with van der Waals surface area (Å²) < 4.78 is 0. The molecule has 0 saturated heterocycles. The summed E-state index contributed by atoms with van der Waals surface area (Å²) in [6.45, 7) is 10.5. The summed E-state index contributed by atoms with van der Waals surface area (Å²) in [6, 6.07) is 2.35. The number of nitriles is 1. The Morgan fingerprint density at radius 1 is 1.04 bits per heavy atom. The molecule has 0 heterocycles. The normalized spacial score (nSPS) is 29.7. The fraction of sp³-hybridized carbons (Fsp3) is 0.895. The van der Waals surface area contributed by atoms with Crippen molar-refractivity contribution >= 4 is 5.78 Å². The summed E-state index contributed by atoms with van der Waals surface area (Å²) in [5.74, 6) is 1.99. The van der Waals surface area contributed by atoms with Crippen molar-refractivity contribution in [2.75, 3.05) is 0 Å². The Balaban J connectivity index is 0.000000277. The van der Waals surface area contributed by atoms with E-state index in [9.17, 15) is 10.1 Å². The van der Waals surface area contributed by atoms with Gasteiger partial charge >= 0.3 is 0 Å². The van der Waals surface area contributed by atoms with Crippen molar-refractivity contribution < 1.29 is 4.79 Å². The molecule has 0 radical (unpaired) electrons. The van der Waals surface area contributed by atoms with Crippen molar-refractivity contribution in [3.05, 3.63) is 0 Å². The van der Waals surface area contributed by atoms with E-state index in [4.69, 9.17) is 0 Å². The lowest BCUT2D eigenvalue weighted by Crippen LogP contribution is -2.30. The van der Waals surface area contributed by atoms with Crippen LogP contribution >= 0.6 is 0 Å². The van der Waals surface area contributed by atoms with Gasteiger partial charge < -0.3 is 0 Å². The summed E-state index contributed by atoms with van der Waals surface area (Å²) in [5.41, 5.74) is -0.702. The van der Waals surface area contributed by atoms with Gasteiger partial charge in [0.25, 0.3) is 0 Å². The average molecular weight is 319 g/mol. The third kappa shape index (κ3) is 7.72. The van der Waals surface area contributed by atoms with Crippen LogP contribution in [0, 0.1) is 23.2 Å². The fourth-order valence-electron chi connectivity index (χ4n) is 2.80. The molecule has 0 aromatic rings. The number of hydrogen-bond donors (Lipinski definition) is 0. The van der Waals surface area contributed by atoms with Crippen LogP contribution in [0.3, 0.4) is 0 Å². The quantitative estimate of drug-likeness (QED) is 0.601. The molecule has 2 aliphatic rings. The second-order valence-electron chi connectivity index (χ2n) is 8.42. The summed E-state index contributed by atoms with van der Waals surface area (Å²) in [6.07, 6.45) is 7.84. The van der Waals surface area contributed by atoms with Gasteiger partial charge in [-0.3, -0.25) is 4.79 Å². The van der Waals surface area contributed by atoms with E-state index in [-0.39, 0.29) is 5.54 Å². The van der Waals surface area contributed by atoms with Gasteiger partial charge in [-0.2, -0.15) is 15.5 Å². The van der Waals surface area contributed by atoms with Crippen LogP contribution in [0.1, 0.15) is 86.0 Å². The topological polar surface area (TPSA) is 65.6 Å². The van der Waals surface area contributed by atoms with Gasteiger partial charge in [0.2, 0.25) is 0 Å². The number of carbonyl (C=O) groups excluding carboxylic acids is 1. The van der Waals surface area contributed by atoms with E-state index >= 15 is 0 Å². The molecule has 0 aliphatic heterocycles. The Morgan fingerprint density at radius 3 is 1.91 bits per heavy atom. The Morgan fingerprint density at radius 2 is 1.52 bits per heavy atom. The smallest absolute Gasteiger partial charge is 0.167 e. The van der Waals surface area contributed by atoms with E-state index < -0.39 is 5.54 Å². The lowest BCUT2D eigenvalue weighted by atomic mass is 9.79. The Kier molecular flexibility index (Phi) is 7.38. The SMILES string of the molecule is CC1CCC(=O)CC1.CC1CCC(C#N)(/N=N/C(C)(C)C)CC1. The minimum absolute atomic E-state index is 0.174. The largest absolute Gasteiger partial charge is 0.300 e. The molecule has 2 fully saturated rings. The molecule has 2 rings (SSSR count). The maximum absolute atomic E-state index is 10.6. The van der Waals surface area contributed by atoms with Crippen LogP contribution in [0.4, 0.5) is 0 Å². The first-order valence-electron chi connectivity index (χ1n) is 9.03. The van der Waals surface area contributed by atoms with Crippen LogP contribution < -0.4 is 0 Å². The lowest BCUT2D eigenvalue weighted by Gasteiger charge is -2.29. The third-order valence-corrected chi connectivity index (χ3v) is 4.68. The molecule has 0 amide bonds. The third-order valence-electron chi connectivity index (χ3n) is 4.68. The lowest BCUT2D eigenvalue weighted by molar-refractivity contribution is -0.120. The molecule has 2 saturated carbocycles. The zero-order valence-corrected chi connectivity index (χ0v) is 15.6. The first-order valence-corrected chi connectivity index (χ1v) is 9.03. The summed E-state index contributed by atoms with van der Waals surface area (Å²) in [4.78, 5) is 10.6. The van der Waals surface area contributed by atoms with E-state index in [1.165, 1.54) is 0 Å². The predicted octanol–water partition coefficient (Wildman–Crippen LogP) is 5.48. The predicted molar refractivity (Wildman–Crippen MR) is 93.2 cm³/mol. The van der Waals surface area contributed by atoms with E-state index in [0.29, 0.717) is 5.78 Å². The van der Waals surface area contributed by atoms with Crippen molar-refractivity contribution in [2.45, 2.75) is 97.1 Å². The first kappa shape index (κ1) is 19.8. The van der Waals surface area contributed by atoms with Gasteiger partial charge in [-0.15, -0.1) is 0 Å². The van der Waals surface area contributed by atoms with Crippen molar-refractivity contribution in [3.63, 3.8) is 0 Å². The van der Waals surface area contributed by atoms with Crippen molar-refractivity contribution in [2.24, 2.45) is 22.1 Å². The molecule has 130 valence electrons. The number of hydrogen-bond acceptors (Lipinski definition) is 4. The van der Waals surface area contributed by atoms with E-state index in [0.717, 1.165) is 63.2 Å². The van der Waals surface area contributed by atoms with Crippen LogP contribution in [-0.4, -0.2) is 16.9 Å². The average Bonchev–Trinajstić information content (AvgIpc) is 2.50. The molecule has 0 bridgehead atoms.